The third-order valence-electron chi connectivity index (χ3n) is 2.87. The van der Waals surface area contributed by atoms with Gasteiger partial charge in [0.1, 0.15) is 5.76 Å². The average molecular weight is 387 g/mol. The molecule has 2 rings (SSSR count). The molecular weight excluding hydrogens is 374 g/mol. The lowest BCUT2D eigenvalue weighted by Crippen LogP contribution is -2.26. The summed E-state index contributed by atoms with van der Waals surface area (Å²) in [7, 11) is 1.76. The minimum Gasteiger partial charge on any atom is -0.452 e. The lowest BCUT2D eigenvalue weighted by atomic mass is 10.1. The molecule has 0 spiro atoms. The van der Waals surface area contributed by atoms with Gasteiger partial charge in [0.15, 0.2) is 4.67 Å². The number of furan rings is 1. The van der Waals surface area contributed by atoms with Gasteiger partial charge in [0.2, 0.25) is 0 Å². The quantitative estimate of drug-likeness (QED) is 0.783. The van der Waals surface area contributed by atoms with Crippen molar-refractivity contribution < 1.29 is 9.21 Å². The lowest BCUT2D eigenvalue weighted by molar-refractivity contribution is 0.0774. The molecule has 5 heteroatoms. The summed E-state index contributed by atoms with van der Waals surface area (Å²) in [5, 5.41) is 0. The zero-order chi connectivity index (χ0) is 14.0. The van der Waals surface area contributed by atoms with E-state index in [-0.39, 0.29) is 5.91 Å². The van der Waals surface area contributed by atoms with Crippen LogP contribution in [0.5, 0.6) is 0 Å². The van der Waals surface area contributed by atoms with Gasteiger partial charge in [0.05, 0.1) is 6.54 Å². The third-order valence-corrected chi connectivity index (χ3v) is 4.15. The van der Waals surface area contributed by atoms with E-state index in [4.69, 9.17) is 4.42 Å². The van der Waals surface area contributed by atoms with Gasteiger partial charge in [0, 0.05) is 17.1 Å². The Labute approximate surface area is 128 Å². The maximum absolute atomic E-state index is 12.4. The summed E-state index contributed by atoms with van der Waals surface area (Å²) in [6, 6.07) is 9.29. The van der Waals surface area contributed by atoms with E-state index in [2.05, 4.69) is 31.9 Å². The van der Waals surface area contributed by atoms with Crippen molar-refractivity contribution in [1.82, 2.24) is 4.90 Å². The Hall–Kier alpha value is -1.07. The van der Waals surface area contributed by atoms with Crippen LogP contribution in [0.15, 0.2) is 43.9 Å². The molecule has 100 valence electrons. The summed E-state index contributed by atoms with van der Waals surface area (Å²) < 4.78 is 7.01. The van der Waals surface area contributed by atoms with Gasteiger partial charge in [-0.1, -0.05) is 22.0 Å². The molecule has 0 radical (unpaired) electrons. The number of rotatable bonds is 3. The van der Waals surface area contributed by atoms with E-state index in [1.165, 1.54) is 0 Å². The van der Waals surface area contributed by atoms with Crippen molar-refractivity contribution in [3.8, 4) is 0 Å². The smallest absolute Gasteiger partial charge is 0.254 e. The van der Waals surface area contributed by atoms with Gasteiger partial charge in [-0.25, -0.2) is 0 Å². The van der Waals surface area contributed by atoms with Crippen molar-refractivity contribution in [2.75, 3.05) is 7.05 Å². The predicted octanol–water partition coefficient (Wildman–Crippen LogP) is 4.39. The molecular formula is C14H13Br2NO2. The zero-order valence-corrected chi connectivity index (χ0v) is 13.8. The van der Waals surface area contributed by atoms with E-state index in [9.17, 15) is 4.79 Å². The van der Waals surface area contributed by atoms with Crippen LogP contribution in [-0.4, -0.2) is 17.9 Å². The van der Waals surface area contributed by atoms with Crippen LogP contribution in [0, 0.1) is 6.92 Å². The lowest BCUT2D eigenvalue weighted by Gasteiger charge is -2.17. The van der Waals surface area contributed by atoms with Crippen molar-refractivity contribution in [2.45, 2.75) is 13.5 Å². The Morgan fingerprint density at radius 1 is 1.26 bits per heavy atom. The number of hydrogen-bond acceptors (Lipinski definition) is 2. The number of nitrogens with zero attached hydrogens (tertiary/aromatic N) is 1. The zero-order valence-electron chi connectivity index (χ0n) is 10.6. The highest BCUT2D eigenvalue weighted by molar-refractivity contribution is 9.10. The largest absolute Gasteiger partial charge is 0.452 e. The van der Waals surface area contributed by atoms with E-state index in [0.717, 1.165) is 15.8 Å². The highest BCUT2D eigenvalue weighted by Gasteiger charge is 2.16. The van der Waals surface area contributed by atoms with Gasteiger partial charge in [0.25, 0.3) is 5.91 Å². The minimum atomic E-state index is -0.0219. The minimum absolute atomic E-state index is 0.0219. The van der Waals surface area contributed by atoms with Crippen molar-refractivity contribution >= 4 is 37.8 Å². The van der Waals surface area contributed by atoms with Crippen LogP contribution in [0.4, 0.5) is 0 Å². The van der Waals surface area contributed by atoms with Gasteiger partial charge < -0.3 is 9.32 Å². The second kappa shape index (κ2) is 5.92. The third kappa shape index (κ3) is 3.28. The first kappa shape index (κ1) is 14.3. The van der Waals surface area contributed by atoms with Gasteiger partial charge in [-0.05, 0) is 52.7 Å². The van der Waals surface area contributed by atoms with Crippen LogP contribution in [0.25, 0.3) is 0 Å². The molecule has 2 aromatic rings. The highest BCUT2D eigenvalue weighted by Crippen LogP contribution is 2.21. The molecule has 0 saturated heterocycles. The van der Waals surface area contributed by atoms with Gasteiger partial charge in [-0.2, -0.15) is 0 Å². The van der Waals surface area contributed by atoms with Crippen molar-refractivity contribution in [3.05, 3.63) is 56.4 Å². The van der Waals surface area contributed by atoms with Gasteiger partial charge >= 0.3 is 0 Å². The molecule has 19 heavy (non-hydrogen) atoms. The Balaban J connectivity index is 2.17. The molecule has 1 heterocycles. The van der Waals surface area contributed by atoms with Crippen LogP contribution in [-0.2, 0) is 6.54 Å². The number of carbonyl (C=O) groups is 1. The normalized spacial score (nSPS) is 10.5. The molecule has 0 aliphatic rings. The fraction of sp³-hybridized carbons (Fsp3) is 0.214. The summed E-state index contributed by atoms with van der Waals surface area (Å²) >= 11 is 6.69. The first-order valence-corrected chi connectivity index (χ1v) is 7.32. The molecule has 3 nitrogen and oxygen atoms in total. The average Bonchev–Trinajstić information content (AvgIpc) is 2.77. The molecule has 1 amide bonds. The summed E-state index contributed by atoms with van der Waals surface area (Å²) in [5.74, 6) is 0.724. The monoisotopic (exact) mass is 385 g/mol. The number of carbonyl (C=O) groups excluding carboxylic acids is 1. The molecule has 0 fully saturated rings. The van der Waals surface area contributed by atoms with E-state index >= 15 is 0 Å². The Bertz CT molecular complexity index is 607. The molecule has 0 aliphatic carbocycles. The molecule has 0 unspecified atom stereocenters. The fourth-order valence-corrected chi connectivity index (χ4v) is 2.49. The number of benzene rings is 1. The van der Waals surface area contributed by atoms with Crippen LogP contribution in [0.2, 0.25) is 0 Å². The molecule has 0 aliphatic heterocycles. The summed E-state index contributed by atoms with van der Waals surface area (Å²) in [6.07, 6.45) is 0. The van der Waals surface area contributed by atoms with Gasteiger partial charge in [-0.15, -0.1) is 0 Å². The van der Waals surface area contributed by atoms with Crippen LogP contribution >= 0.6 is 31.9 Å². The maximum atomic E-state index is 12.4. The first-order valence-electron chi connectivity index (χ1n) is 5.74. The topological polar surface area (TPSA) is 33.5 Å². The van der Waals surface area contributed by atoms with Crippen molar-refractivity contribution in [1.29, 1.82) is 0 Å². The number of hydrogen-bond donors (Lipinski definition) is 0. The summed E-state index contributed by atoms with van der Waals surface area (Å²) in [5.41, 5.74) is 1.64. The Morgan fingerprint density at radius 2 is 2.00 bits per heavy atom. The molecule has 0 saturated carbocycles. The van der Waals surface area contributed by atoms with Crippen LogP contribution < -0.4 is 0 Å². The second-order valence-corrected chi connectivity index (χ2v) is 5.92. The first-order chi connectivity index (χ1) is 8.99. The van der Waals surface area contributed by atoms with Crippen molar-refractivity contribution in [2.24, 2.45) is 0 Å². The van der Waals surface area contributed by atoms with Gasteiger partial charge in [-0.3, -0.25) is 4.79 Å². The molecule has 1 aromatic carbocycles. The van der Waals surface area contributed by atoms with Crippen molar-refractivity contribution in [3.63, 3.8) is 0 Å². The van der Waals surface area contributed by atoms with E-state index in [1.54, 1.807) is 11.9 Å². The molecule has 0 N–H and O–H groups in total. The molecule has 0 bridgehead atoms. The highest BCUT2D eigenvalue weighted by atomic mass is 79.9. The second-order valence-electron chi connectivity index (χ2n) is 4.28. The Kier molecular flexibility index (Phi) is 4.47. The number of halogens is 2. The van der Waals surface area contributed by atoms with E-state index in [1.807, 2.05) is 37.3 Å². The number of amides is 1. The summed E-state index contributed by atoms with van der Waals surface area (Å²) in [6.45, 7) is 2.37. The Morgan fingerprint density at radius 3 is 2.63 bits per heavy atom. The molecule has 0 atom stereocenters. The maximum Gasteiger partial charge on any atom is 0.254 e. The standard InChI is InChI=1S/C14H13Br2NO2/c1-9-11(4-3-5-12(9)15)14(18)17(2)8-10-6-7-13(16)19-10/h3-7H,8H2,1-2H3. The van der Waals surface area contributed by atoms with Crippen LogP contribution in [0.1, 0.15) is 21.7 Å². The van der Waals surface area contributed by atoms with E-state index in [0.29, 0.717) is 16.8 Å². The summed E-state index contributed by atoms with van der Waals surface area (Å²) in [4.78, 5) is 14.0. The molecule has 1 aromatic heterocycles. The fourth-order valence-electron chi connectivity index (χ4n) is 1.79. The van der Waals surface area contributed by atoms with Crippen LogP contribution in [0.3, 0.4) is 0 Å². The van der Waals surface area contributed by atoms with E-state index < -0.39 is 0 Å². The predicted molar refractivity (Wildman–Crippen MR) is 81.1 cm³/mol. The SMILES string of the molecule is Cc1c(Br)cccc1C(=O)N(C)Cc1ccc(Br)o1.